The molecule has 5 rings (SSSR count). The third kappa shape index (κ3) is 2.56. The summed E-state index contributed by atoms with van der Waals surface area (Å²) in [6, 6.07) is 5.62. The van der Waals surface area contributed by atoms with Gasteiger partial charge in [-0.2, -0.15) is 5.10 Å². The SMILES string of the molecule is O=C(c1ccco1)N1CCN(c2nccn3nc(C4CC4)cc23)CC1. The minimum Gasteiger partial charge on any atom is -0.459 e. The smallest absolute Gasteiger partial charge is 0.289 e. The molecule has 1 amide bonds. The molecule has 0 aromatic carbocycles. The second kappa shape index (κ2) is 5.61. The van der Waals surface area contributed by atoms with Gasteiger partial charge in [-0.15, -0.1) is 0 Å². The van der Waals surface area contributed by atoms with Crippen molar-refractivity contribution in [3.63, 3.8) is 0 Å². The van der Waals surface area contributed by atoms with Crippen LogP contribution in [0.25, 0.3) is 5.52 Å². The Kier molecular flexibility index (Phi) is 3.26. The number of fused-ring (bicyclic) bond motifs is 1. The Bertz CT molecular complexity index is 905. The Morgan fingerprint density at radius 1 is 1.20 bits per heavy atom. The average molecular weight is 337 g/mol. The lowest BCUT2D eigenvalue weighted by atomic mass is 10.2. The molecule has 2 aliphatic rings. The molecule has 1 saturated heterocycles. The van der Waals surface area contributed by atoms with Crippen LogP contribution in [0.15, 0.2) is 41.3 Å². The molecule has 0 unspecified atom stereocenters. The van der Waals surface area contributed by atoms with E-state index < -0.39 is 0 Å². The summed E-state index contributed by atoms with van der Waals surface area (Å²) in [4.78, 5) is 21.0. The molecule has 3 aromatic heterocycles. The quantitative estimate of drug-likeness (QED) is 0.733. The summed E-state index contributed by atoms with van der Waals surface area (Å²) in [6.07, 6.45) is 7.71. The van der Waals surface area contributed by atoms with Crippen LogP contribution in [-0.2, 0) is 0 Å². The lowest BCUT2D eigenvalue weighted by molar-refractivity contribution is 0.0714. The zero-order valence-corrected chi connectivity index (χ0v) is 13.8. The average Bonchev–Trinajstić information content (AvgIpc) is 3.19. The highest BCUT2D eigenvalue weighted by Gasteiger charge is 2.28. The molecule has 0 spiro atoms. The van der Waals surface area contributed by atoms with Crippen LogP contribution in [0.5, 0.6) is 0 Å². The number of nitrogens with zero attached hydrogens (tertiary/aromatic N) is 5. The van der Waals surface area contributed by atoms with E-state index in [0.29, 0.717) is 24.8 Å². The fraction of sp³-hybridized carbons (Fsp3) is 0.389. The number of anilines is 1. The van der Waals surface area contributed by atoms with Gasteiger partial charge in [0.2, 0.25) is 0 Å². The molecule has 3 aromatic rings. The maximum Gasteiger partial charge on any atom is 0.289 e. The van der Waals surface area contributed by atoms with E-state index in [-0.39, 0.29) is 5.91 Å². The predicted molar refractivity (Wildman–Crippen MR) is 91.8 cm³/mol. The summed E-state index contributed by atoms with van der Waals surface area (Å²) in [7, 11) is 0. The molecule has 4 heterocycles. The van der Waals surface area contributed by atoms with Crippen molar-refractivity contribution in [2.75, 3.05) is 31.1 Å². The third-order valence-electron chi connectivity index (χ3n) is 4.98. The number of carbonyl (C=O) groups is 1. The van der Waals surface area contributed by atoms with Crippen LogP contribution in [0, 0.1) is 0 Å². The summed E-state index contributed by atoms with van der Waals surface area (Å²) in [5, 5.41) is 4.68. The van der Waals surface area contributed by atoms with Gasteiger partial charge in [0, 0.05) is 44.5 Å². The Hall–Kier alpha value is -2.83. The zero-order chi connectivity index (χ0) is 16.8. The van der Waals surface area contributed by atoms with Crippen LogP contribution in [0.1, 0.15) is 35.0 Å². The number of carbonyl (C=O) groups excluding carboxylic acids is 1. The summed E-state index contributed by atoms with van der Waals surface area (Å²) >= 11 is 0. The second-order valence-corrected chi connectivity index (χ2v) is 6.68. The van der Waals surface area contributed by atoms with Gasteiger partial charge in [0.05, 0.1) is 12.0 Å². The summed E-state index contributed by atoms with van der Waals surface area (Å²) in [6.45, 7) is 2.82. The van der Waals surface area contributed by atoms with E-state index in [1.54, 1.807) is 18.3 Å². The van der Waals surface area contributed by atoms with E-state index in [2.05, 4.69) is 21.0 Å². The molecule has 7 nitrogen and oxygen atoms in total. The molecule has 1 aliphatic heterocycles. The molecule has 2 fully saturated rings. The van der Waals surface area contributed by atoms with Gasteiger partial charge in [-0.25, -0.2) is 9.50 Å². The van der Waals surface area contributed by atoms with Crippen molar-refractivity contribution >= 4 is 17.2 Å². The minimum atomic E-state index is -0.0452. The van der Waals surface area contributed by atoms with E-state index in [1.807, 2.05) is 15.6 Å². The Balaban J connectivity index is 1.35. The molecule has 1 saturated carbocycles. The highest BCUT2D eigenvalue weighted by atomic mass is 16.3. The molecule has 7 heteroatoms. The molecule has 0 atom stereocenters. The highest BCUT2D eigenvalue weighted by Crippen LogP contribution is 2.40. The first-order valence-electron chi connectivity index (χ1n) is 8.71. The summed E-state index contributed by atoms with van der Waals surface area (Å²) in [5.41, 5.74) is 2.22. The monoisotopic (exact) mass is 337 g/mol. The Morgan fingerprint density at radius 2 is 2.04 bits per heavy atom. The molecule has 0 bridgehead atoms. The highest BCUT2D eigenvalue weighted by molar-refractivity contribution is 5.91. The zero-order valence-electron chi connectivity index (χ0n) is 13.8. The first-order chi connectivity index (χ1) is 12.3. The van der Waals surface area contributed by atoms with Crippen molar-refractivity contribution in [3.8, 4) is 0 Å². The van der Waals surface area contributed by atoms with Crippen LogP contribution in [0.4, 0.5) is 5.82 Å². The molecule has 1 aliphatic carbocycles. The first kappa shape index (κ1) is 14.5. The first-order valence-corrected chi connectivity index (χ1v) is 8.71. The van der Waals surface area contributed by atoms with Crippen molar-refractivity contribution in [3.05, 3.63) is 48.3 Å². The number of amides is 1. The van der Waals surface area contributed by atoms with E-state index in [1.165, 1.54) is 24.8 Å². The largest absolute Gasteiger partial charge is 0.459 e. The van der Waals surface area contributed by atoms with Crippen molar-refractivity contribution in [1.29, 1.82) is 0 Å². The maximum absolute atomic E-state index is 12.4. The predicted octanol–water partition coefficient (Wildman–Crippen LogP) is 2.16. The number of piperazine rings is 1. The molecular formula is C18H19N5O2. The molecule has 0 N–H and O–H groups in total. The van der Waals surface area contributed by atoms with Crippen LogP contribution < -0.4 is 4.90 Å². The standard InChI is InChI=1S/C18H19N5O2/c24-18(16-2-1-11-25-16)22-9-7-21(8-10-22)17-15-12-14(13-3-4-13)20-23(15)6-5-19-17/h1-2,5-6,11-13H,3-4,7-10H2. The molecule has 25 heavy (non-hydrogen) atoms. The summed E-state index contributed by atoms with van der Waals surface area (Å²) in [5.74, 6) is 1.93. The maximum atomic E-state index is 12.4. The van der Waals surface area contributed by atoms with Crippen LogP contribution >= 0.6 is 0 Å². The second-order valence-electron chi connectivity index (χ2n) is 6.68. The fourth-order valence-corrected chi connectivity index (χ4v) is 3.43. The number of rotatable bonds is 3. The van der Waals surface area contributed by atoms with Crippen LogP contribution in [0.3, 0.4) is 0 Å². The Labute approximate surface area is 144 Å². The normalized spacial score (nSPS) is 18.1. The Morgan fingerprint density at radius 3 is 2.76 bits per heavy atom. The number of hydrogen-bond donors (Lipinski definition) is 0. The third-order valence-corrected chi connectivity index (χ3v) is 4.98. The summed E-state index contributed by atoms with van der Waals surface area (Å²) < 4.78 is 7.15. The van der Waals surface area contributed by atoms with Crippen molar-refractivity contribution in [1.82, 2.24) is 19.5 Å². The number of hydrogen-bond acceptors (Lipinski definition) is 5. The van der Waals surface area contributed by atoms with Gasteiger partial charge < -0.3 is 14.2 Å². The van der Waals surface area contributed by atoms with Crippen molar-refractivity contribution in [2.45, 2.75) is 18.8 Å². The van der Waals surface area contributed by atoms with Gasteiger partial charge >= 0.3 is 0 Å². The van der Waals surface area contributed by atoms with E-state index in [9.17, 15) is 4.79 Å². The molecule has 128 valence electrons. The van der Waals surface area contributed by atoms with Gasteiger partial charge in [-0.1, -0.05) is 0 Å². The topological polar surface area (TPSA) is 66.9 Å². The van der Waals surface area contributed by atoms with Crippen LogP contribution in [-0.4, -0.2) is 51.6 Å². The lowest BCUT2D eigenvalue weighted by Crippen LogP contribution is -2.49. The fourth-order valence-electron chi connectivity index (χ4n) is 3.43. The van der Waals surface area contributed by atoms with Gasteiger partial charge in [-0.3, -0.25) is 4.79 Å². The van der Waals surface area contributed by atoms with E-state index in [4.69, 9.17) is 4.42 Å². The number of furan rings is 1. The minimum absolute atomic E-state index is 0.0452. The lowest BCUT2D eigenvalue weighted by Gasteiger charge is -2.35. The van der Waals surface area contributed by atoms with Gasteiger partial charge in [0.1, 0.15) is 5.52 Å². The molecule has 0 radical (unpaired) electrons. The van der Waals surface area contributed by atoms with Gasteiger partial charge in [0.25, 0.3) is 5.91 Å². The van der Waals surface area contributed by atoms with Crippen molar-refractivity contribution in [2.24, 2.45) is 0 Å². The van der Waals surface area contributed by atoms with Crippen LogP contribution in [0.2, 0.25) is 0 Å². The van der Waals surface area contributed by atoms with Crippen molar-refractivity contribution < 1.29 is 9.21 Å². The van der Waals surface area contributed by atoms with E-state index >= 15 is 0 Å². The van der Waals surface area contributed by atoms with Gasteiger partial charge in [0.15, 0.2) is 11.6 Å². The van der Waals surface area contributed by atoms with Gasteiger partial charge in [-0.05, 0) is 31.0 Å². The number of aromatic nitrogens is 3. The molecular weight excluding hydrogens is 318 g/mol. The van der Waals surface area contributed by atoms with E-state index in [0.717, 1.165) is 24.4 Å².